The van der Waals surface area contributed by atoms with Crippen molar-refractivity contribution in [3.05, 3.63) is 59.2 Å². The topological polar surface area (TPSA) is 67.9 Å². The van der Waals surface area contributed by atoms with Crippen LogP contribution < -0.4 is 14.8 Å². The zero-order chi connectivity index (χ0) is 22.6. The predicted octanol–water partition coefficient (Wildman–Crippen LogP) is 4.04. The Bertz CT molecular complexity index is 901. The van der Waals surface area contributed by atoms with Crippen LogP contribution in [0.5, 0.6) is 11.5 Å². The van der Waals surface area contributed by atoms with E-state index >= 15 is 0 Å². The summed E-state index contributed by atoms with van der Waals surface area (Å²) in [6, 6.07) is 13.1. The van der Waals surface area contributed by atoms with Gasteiger partial charge in [-0.2, -0.15) is 0 Å². The van der Waals surface area contributed by atoms with Crippen LogP contribution in [0.25, 0.3) is 0 Å². The van der Waals surface area contributed by atoms with Gasteiger partial charge in [-0.3, -0.25) is 9.59 Å². The highest BCUT2D eigenvalue weighted by atomic mass is 16.5. The molecule has 0 unspecified atom stereocenters. The van der Waals surface area contributed by atoms with Gasteiger partial charge < -0.3 is 19.7 Å². The minimum Gasteiger partial charge on any atom is -0.496 e. The Morgan fingerprint density at radius 2 is 1.48 bits per heavy atom. The van der Waals surface area contributed by atoms with Gasteiger partial charge >= 0.3 is 0 Å². The van der Waals surface area contributed by atoms with Crippen LogP contribution in [-0.2, 0) is 5.41 Å². The molecule has 0 bridgehead atoms. The number of hydrogen-bond donors (Lipinski definition) is 1. The lowest BCUT2D eigenvalue weighted by Gasteiger charge is -2.32. The van der Waals surface area contributed by atoms with Gasteiger partial charge in [0.05, 0.1) is 14.2 Å². The van der Waals surface area contributed by atoms with Crippen LogP contribution in [0.2, 0.25) is 0 Å². The number of carbonyl (C=O) groups excluding carboxylic acids is 2. The van der Waals surface area contributed by atoms with E-state index in [2.05, 4.69) is 26.1 Å². The summed E-state index contributed by atoms with van der Waals surface area (Å²) in [6.45, 7) is 7.68. The highest BCUT2D eigenvalue weighted by Gasteiger charge is 2.27. The molecule has 2 amide bonds. The number of hydrogen-bond acceptors (Lipinski definition) is 4. The first-order valence-electron chi connectivity index (χ1n) is 10.7. The number of carbonyl (C=O) groups is 2. The van der Waals surface area contributed by atoms with Gasteiger partial charge in [-0.1, -0.05) is 39.0 Å². The van der Waals surface area contributed by atoms with Crippen LogP contribution >= 0.6 is 0 Å². The quantitative estimate of drug-likeness (QED) is 0.787. The van der Waals surface area contributed by atoms with Gasteiger partial charge in [-0.15, -0.1) is 0 Å². The highest BCUT2D eigenvalue weighted by molar-refractivity contribution is 6.00. The molecule has 1 saturated heterocycles. The number of methoxy groups -OCH3 is 2. The first-order valence-corrected chi connectivity index (χ1v) is 10.7. The average molecular weight is 425 g/mol. The lowest BCUT2D eigenvalue weighted by atomic mass is 9.86. The first kappa shape index (κ1) is 22.7. The summed E-state index contributed by atoms with van der Waals surface area (Å²) in [6.07, 6.45) is 1.41. The van der Waals surface area contributed by atoms with E-state index in [1.54, 1.807) is 18.2 Å². The van der Waals surface area contributed by atoms with Crippen LogP contribution in [0.15, 0.2) is 42.5 Å². The lowest BCUT2D eigenvalue weighted by molar-refractivity contribution is 0.0697. The maximum Gasteiger partial charge on any atom is 0.259 e. The molecule has 1 aliphatic heterocycles. The number of benzene rings is 2. The second kappa shape index (κ2) is 9.41. The number of nitrogens with zero attached hydrogens (tertiary/aromatic N) is 1. The predicted molar refractivity (Wildman–Crippen MR) is 121 cm³/mol. The molecule has 1 N–H and O–H groups in total. The number of amides is 2. The van der Waals surface area contributed by atoms with E-state index in [1.807, 2.05) is 29.2 Å². The summed E-state index contributed by atoms with van der Waals surface area (Å²) in [5, 5.41) is 3.07. The normalized spacial score (nSPS) is 14.8. The largest absolute Gasteiger partial charge is 0.496 e. The Morgan fingerprint density at radius 3 is 1.97 bits per heavy atom. The summed E-state index contributed by atoms with van der Waals surface area (Å²) in [7, 11) is 3.06. The van der Waals surface area contributed by atoms with E-state index in [4.69, 9.17) is 9.47 Å². The van der Waals surface area contributed by atoms with Crippen LogP contribution in [0.4, 0.5) is 0 Å². The van der Waals surface area contributed by atoms with Crippen molar-refractivity contribution >= 4 is 11.8 Å². The molecule has 31 heavy (non-hydrogen) atoms. The SMILES string of the molecule is COc1cccc(OC)c1C(=O)NC1CCN(C(=O)c2ccc(C(C)(C)C)cc2)CC1. The molecule has 3 rings (SSSR count). The smallest absolute Gasteiger partial charge is 0.259 e. The number of nitrogens with one attached hydrogen (secondary N) is 1. The molecule has 0 aliphatic carbocycles. The van der Waals surface area contributed by atoms with Crippen LogP contribution in [-0.4, -0.2) is 50.1 Å². The Balaban J connectivity index is 1.60. The first-order chi connectivity index (χ1) is 14.7. The van der Waals surface area contributed by atoms with Gasteiger partial charge in [0.15, 0.2) is 0 Å². The van der Waals surface area contributed by atoms with Crippen molar-refractivity contribution in [2.75, 3.05) is 27.3 Å². The fourth-order valence-corrected chi connectivity index (χ4v) is 3.85. The van der Waals surface area contributed by atoms with E-state index < -0.39 is 0 Å². The Kier molecular flexibility index (Phi) is 6.88. The standard InChI is InChI=1S/C25H32N2O4/c1-25(2,3)18-11-9-17(10-12-18)24(29)27-15-13-19(14-16-27)26-23(28)22-20(30-4)7-6-8-21(22)31-5/h6-12,19H,13-16H2,1-5H3,(H,26,28). The Labute approximate surface area is 184 Å². The maximum atomic E-state index is 12.9. The molecule has 0 spiro atoms. The number of likely N-dealkylation sites (tertiary alicyclic amines) is 1. The molecule has 0 radical (unpaired) electrons. The Hall–Kier alpha value is -3.02. The van der Waals surface area contributed by atoms with Crippen molar-refractivity contribution in [1.82, 2.24) is 10.2 Å². The van der Waals surface area contributed by atoms with Crippen LogP contribution in [0.1, 0.15) is 59.9 Å². The summed E-state index contributed by atoms with van der Waals surface area (Å²) < 4.78 is 10.7. The van der Waals surface area contributed by atoms with Gasteiger partial charge in [0.2, 0.25) is 0 Å². The summed E-state index contributed by atoms with van der Waals surface area (Å²) in [5.41, 5.74) is 2.36. The molecule has 0 atom stereocenters. The van der Waals surface area contributed by atoms with E-state index in [0.717, 1.165) is 0 Å². The van der Waals surface area contributed by atoms with Crippen LogP contribution in [0.3, 0.4) is 0 Å². The Morgan fingerprint density at radius 1 is 0.935 bits per heavy atom. The van der Waals surface area contributed by atoms with Crippen molar-refractivity contribution in [2.24, 2.45) is 0 Å². The zero-order valence-corrected chi connectivity index (χ0v) is 19.0. The molecular weight excluding hydrogens is 392 g/mol. The van der Waals surface area contributed by atoms with Gasteiger partial charge in [-0.05, 0) is 48.1 Å². The third-order valence-corrected chi connectivity index (χ3v) is 5.77. The van der Waals surface area contributed by atoms with Gasteiger partial charge in [-0.25, -0.2) is 0 Å². The number of ether oxygens (including phenoxy) is 2. The highest BCUT2D eigenvalue weighted by Crippen LogP contribution is 2.28. The van der Waals surface area contributed by atoms with Crippen molar-refractivity contribution < 1.29 is 19.1 Å². The molecule has 2 aromatic rings. The van der Waals surface area contributed by atoms with E-state index in [-0.39, 0.29) is 23.3 Å². The molecule has 6 nitrogen and oxygen atoms in total. The summed E-state index contributed by atoms with van der Waals surface area (Å²) in [5.74, 6) is 0.764. The van der Waals surface area contributed by atoms with Crippen LogP contribution in [0, 0.1) is 0 Å². The number of piperidine rings is 1. The van der Waals surface area contributed by atoms with E-state index in [0.29, 0.717) is 48.6 Å². The average Bonchev–Trinajstić information content (AvgIpc) is 2.77. The maximum absolute atomic E-state index is 12.9. The second-order valence-electron chi connectivity index (χ2n) is 8.90. The van der Waals surface area contributed by atoms with Crippen molar-refractivity contribution in [3.63, 3.8) is 0 Å². The van der Waals surface area contributed by atoms with Gasteiger partial charge in [0.25, 0.3) is 11.8 Å². The summed E-state index contributed by atoms with van der Waals surface area (Å²) >= 11 is 0. The van der Waals surface area contributed by atoms with Crippen molar-refractivity contribution in [3.8, 4) is 11.5 Å². The van der Waals surface area contributed by atoms with Crippen molar-refractivity contribution in [2.45, 2.75) is 45.1 Å². The fourth-order valence-electron chi connectivity index (χ4n) is 3.85. The zero-order valence-electron chi connectivity index (χ0n) is 19.0. The molecule has 6 heteroatoms. The molecule has 1 heterocycles. The molecule has 0 aromatic heterocycles. The molecular formula is C25H32N2O4. The van der Waals surface area contributed by atoms with Gasteiger partial charge in [0.1, 0.15) is 17.1 Å². The third kappa shape index (κ3) is 5.19. The van der Waals surface area contributed by atoms with Crippen molar-refractivity contribution in [1.29, 1.82) is 0 Å². The van der Waals surface area contributed by atoms with E-state index in [1.165, 1.54) is 19.8 Å². The molecule has 2 aromatic carbocycles. The van der Waals surface area contributed by atoms with Gasteiger partial charge in [0, 0.05) is 24.7 Å². The number of rotatable bonds is 5. The minimum atomic E-state index is -0.225. The molecule has 0 saturated carbocycles. The van der Waals surface area contributed by atoms with E-state index in [9.17, 15) is 9.59 Å². The monoisotopic (exact) mass is 424 g/mol. The summed E-state index contributed by atoms with van der Waals surface area (Å²) in [4.78, 5) is 27.6. The lowest BCUT2D eigenvalue weighted by Crippen LogP contribution is -2.46. The molecule has 166 valence electrons. The fraction of sp³-hybridized carbons (Fsp3) is 0.440. The second-order valence-corrected chi connectivity index (χ2v) is 8.90. The molecule has 1 aliphatic rings. The minimum absolute atomic E-state index is 0.00515. The molecule has 1 fully saturated rings. The third-order valence-electron chi connectivity index (χ3n) is 5.77.